The minimum absolute atomic E-state index is 0.0246. The minimum atomic E-state index is -1.03. The Morgan fingerprint density at radius 2 is 1.54 bits per heavy atom. The number of carboxylic acid groups (broad SMARTS) is 1. The number of rotatable bonds is 10. The first-order chi connectivity index (χ1) is 15.9. The Kier molecular flexibility index (Phi) is 10.5. The summed E-state index contributed by atoms with van der Waals surface area (Å²) in [5.41, 5.74) is -0.0830. The summed E-state index contributed by atoms with van der Waals surface area (Å²) in [4.78, 5) is 40.2. The van der Waals surface area contributed by atoms with Crippen molar-refractivity contribution in [1.82, 2.24) is 15.5 Å². The third kappa shape index (κ3) is 7.80. The van der Waals surface area contributed by atoms with E-state index in [4.69, 9.17) is 11.6 Å². The van der Waals surface area contributed by atoms with Crippen LogP contribution in [0.3, 0.4) is 0 Å². The number of aliphatic carboxylic acids is 1. The number of halogens is 1. The second-order valence-electron chi connectivity index (χ2n) is 11.1. The fraction of sp³-hybridized carbons (Fsp3) is 0.593. The van der Waals surface area contributed by atoms with Crippen molar-refractivity contribution >= 4 is 29.4 Å². The van der Waals surface area contributed by atoms with E-state index in [2.05, 4.69) is 10.6 Å². The molecule has 0 saturated carbocycles. The molecule has 0 aromatic heterocycles. The maximum absolute atomic E-state index is 13.7. The van der Waals surface area contributed by atoms with Crippen molar-refractivity contribution in [2.24, 2.45) is 11.3 Å². The van der Waals surface area contributed by atoms with E-state index in [0.717, 1.165) is 5.56 Å². The van der Waals surface area contributed by atoms with Gasteiger partial charge in [-0.05, 0) is 43.0 Å². The number of carbonyl (C=O) groups excluding carboxylic acids is 2. The molecule has 1 rings (SSSR count). The van der Waals surface area contributed by atoms with E-state index in [1.54, 1.807) is 32.3 Å². The molecule has 0 radical (unpaired) electrons. The first kappa shape index (κ1) is 30.7. The number of nitrogens with zero attached hydrogens (tertiary/aromatic N) is 1. The van der Waals surface area contributed by atoms with Crippen LogP contribution in [0.15, 0.2) is 35.9 Å². The van der Waals surface area contributed by atoms with Crippen LogP contribution < -0.4 is 10.6 Å². The number of nitrogens with one attached hydrogen (secondary N) is 2. The standard InChI is InChI=1S/C27H42ClN3O4/c1-16(2)20(15-17(3)25(34)35)31(10)24(33)22(26(4,5)6)30-23(32)21(29-9)27(7,8)18-11-13-19(28)14-12-18/h11-16,20-22,29H,1-10H3,(H,30,32)(H,34,35)/t20-,21+,22?/m1/s1. The predicted octanol–water partition coefficient (Wildman–Crippen LogP) is 4.25. The van der Waals surface area contributed by atoms with Crippen molar-refractivity contribution in [3.63, 3.8) is 0 Å². The number of likely N-dealkylation sites (N-methyl/N-ethyl adjacent to an activating group) is 2. The molecule has 0 saturated heterocycles. The van der Waals surface area contributed by atoms with Crippen LogP contribution in [0.25, 0.3) is 0 Å². The lowest BCUT2D eigenvalue weighted by atomic mass is 9.76. The van der Waals surface area contributed by atoms with Crippen LogP contribution in [-0.4, -0.2) is 60.0 Å². The number of carbonyl (C=O) groups is 3. The molecule has 0 bridgehead atoms. The van der Waals surface area contributed by atoms with Gasteiger partial charge in [0.25, 0.3) is 0 Å². The Bertz CT molecular complexity index is 933. The molecule has 0 fully saturated rings. The van der Waals surface area contributed by atoms with Gasteiger partial charge < -0.3 is 20.6 Å². The Balaban J connectivity index is 3.30. The molecular formula is C27H42ClN3O4. The summed E-state index contributed by atoms with van der Waals surface area (Å²) in [5, 5.41) is 16.0. The van der Waals surface area contributed by atoms with Crippen LogP contribution in [0, 0.1) is 11.3 Å². The van der Waals surface area contributed by atoms with Crippen molar-refractivity contribution in [3.8, 4) is 0 Å². The van der Waals surface area contributed by atoms with E-state index in [9.17, 15) is 19.5 Å². The molecule has 196 valence electrons. The van der Waals surface area contributed by atoms with Crippen LogP contribution in [0.5, 0.6) is 0 Å². The number of amides is 2. The van der Waals surface area contributed by atoms with Gasteiger partial charge in [0.15, 0.2) is 0 Å². The summed E-state index contributed by atoms with van der Waals surface area (Å²) in [6, 6.07) is 5.48. The minimum Gasteiger partial charge on any atom is -0.478 e. The normalized spacial score (nSPS) is 15.4. The Morgan fingerprint density at radius 1 is 1.03 bits per heavy atom. The summed E-state index contributed by atoms with van der Waals surface area (Å²) in [5.74, 6) is -1.63. The number of hydrogen-bond donors (Lipinski definition) is 3. The SMILES string of the molecule is CN[C@@H](C(=O)NC(C(=O)N(C)[C@H](C=C(C)C(=O)O)C(C)C)C(C)(C)C)C(C)(C)c1ccc(Cl)cc1. The van der Waals surface area contributed by atoms with Crippen LogP contribution in [0.1, 0.15) is 61.0 Å². The Labute approximate surface area is 215 Å². The quantitative estimate of drug-likeness (QED) is 0.411. The highest BCUT2D eigenvalue weighted by atomic mass is 35.5. The first-order valence-electron chi connectivity index (χ1n) is 11.9. The predicted molar refractivity (Wildman–Crippen MR) is 142 cm³/mol. The summed E-state index contributed by atoms with van der Waals surface area (Å²) in [6.45, 7) is 15.0. The highest BCUT2D eigenvalue weighted by Crippen LogP contribution is 2.30. The molecule has 0 spiro atoms. The van der Waals surface area contributed by atoms with Gasteiger partial charge in [0.2, 0.25) is 11.8 Å². The van der Waals surface area contributed by atoms with Crippen molar-refractivity contribution in [2.75, 3.05) is 14.1 Å². The van der Waals surface area contributed by atoms with Crippen LogP contribution in [0.2, 0.25) is 5.02 Å². The smallest absolute Gasteiger partial charge is 0.331 e. The third-order valence-electron chi connectivity index (χ3n) is 6.50. The van der Waals surface area contributed by atoms with Crippen LogP contribution in [-0.2, 0) is 19.8 Å². The average Bonchev–Trinajstić information content (AvgIpc) is 2.74. The molecule has 35 heavy (non-hydrogen) atoms. The molecule has 7 nitrogen and oxygen atoms in total. The third-order valence-corrected chi connectivity index (χ3v) is 6.75. The second-order valence-corrected chi connectivity index (χ2v) is 11.5. The highest BCUT2D eigenvalue weighted by molar-refractivity contribution is 6.30. The monoisotopic (exact) mass is 507 g/mol. The molecule has 0 aliphatic rings. The van der Waals surface area contributed by atoms with Crippen molar-refractivity contribution in [1.29, 1.82) is 0 Å². The zero-order chi connectivity index (χ0) is 27.3. The van der Waals surface area contributed by atoms with Crippen molar-refractivity contribution in [3.05, 3.63) is 46.5 Å². The molecule has 1 unspecified atom stereocenters. The maximum atomic E-state index is 13.7. The van der Waals surface area contributed by atoms with E-state index < -0.39 is 34.9 Å². The molecule has 1 aromatic rings. The number of carboxylic acids is 1. The molecular weight excluding hydrogens is 466 g/mol. The highest BCUT2D eigenvalue weighted by Gasteiger charge is 2.41. The molecule has 2 amide bonds. The van der Waals surface area contributed by atoms with Gasteiger partial charge >= 0.3 is 5.97 Å². The number of benzene rings is 1. The maximum Gasteiger partial charge on any atom is 0.331 e. The fourth-order valence-corrected chi connectivity index (χ4v) is 4.30. The summed E-state index contributed by atoms with van der Waals surface area (Å²) in [7, 11) is 3.37. The van der Waals surface area contributed by atoms with E-state index in [1.165, 1.54) is 11.8 Å². The van der Waals surface area contributed by atoms with E-state index >= 15 is 0 Å². The lowest BCUT2D eigenvalue weighted by Gasteiger charge is -2.40. The zero-order valence-electron chi connectivity index (χ0n) is 22.7. The number of hydrogen-bond acceptors (Lipinski definition) is 4. The summed E-state index contributed by atoms with van der Waals surface area (Å²) in [6.07, 6.45) is 1.59. The molecule has 0 aliphatic carbocycles. The van der Waals surface area contributed by atoms with Gasteiger partial charge in [0, 0.05) is 23.1 Å². The Hall–Kier alpha value is -2.38. The largest absolute Gasteiger partial charge is 0.478 e. The van der Waals surface area contributed by atoms with Gasteiger partial charge in [-0.2, -0.15) is 0 Å². The Morgan fingerprint density at radius 3 is 1.94 bits per heavy atom. The molecule has 3 N–H and O–H groups in total. The van der Waals surface area contributed by atoms with Crippen LogP contribution >= 0.6 is 11.6 Å². The summed E-state index contributed by atoms with van der Waals surface area (Å²) >= 11 is 6.04. The first-order valence-corrected chi connectivity index (χ1v) is 12.2. The molecule has 8 heteroatoms. The lowest BCUT2D eigenvalue weighted by molar-refractivity contribution is -0.141. The lowest BCUT2D eigenvalue weighted by Crippen LogP contribution is -2.61. The van der Waals surface area contributed by atoms with Gasteiger partial charge in [-0.25, -0.2) is 4.79 Å². The molecule has 0 heterocycles. The second kappa shape index (κ2) is 12.0. The van der Waals surface area contributed by atoms with E-state index in [0.29, 0.717) is 5.02 Å². The van der Waals surface area contributed by atoms with Crippen molar-refractivity contribution < 1.29 is 19.5 Å². The van der Waals surface area contributed by atoms with Gasteiger partial charge in [0.05, 0.1) is 12.1 Å². The average molecular weight is 508 g/mol. The van der Waals surface area contributed by atoms with Crippen LogP contribution in [0.4, 0.5) is 0 Å². The van der Waals surface area contributed by atoms with E-state index in [1.807, 2.05) is 60.6 Å². The fourth-order valence-electron chi connectivity index (χ4n) is 4.17. The summed E-state index contributed by atoms with van der Waals surface area (Å²) < 4.78 is 0. The van der Waals surface area contributed by atoms with Gasteiger partial charge in [-0.3, -0.25) is 9.59 Å². The molecule has 3 atom stereocenters. The zero-order valence-corrected chi connectivity index (χ0v) is 23.4. The van der Waals surface area contributed by atoms with Gasteiger partial charge in [-0.1, -0.05) is 78.3 Å². The molecule has 1 aromatic carbocycles. The topological polar surface area (TPSA) is 98.7 Å². The van der Waals surface area contributed by atoms with Gasteiger partial charge in [0.1, 0.15) is 6.04 Å². The van der Waals surface area contributed by atoms with Crippen molar-refractivity contribution in [2.45, 2.75) is 78.9 Å². The van der Waals surface area contributed by atoms with Gasteiger partial charge in [-0.15, -0.1) is 0 Å². The van der Waals surface area contributed by atoms with E-state index in [-0.39, 0.29) is 23.3 Å². The molecule has 0 aliphatic heterocycles.